The summed E-state index contributed by atoms with van der Waals surface area (Å²) in [5, 5.41) is 1.04. The van der Waals surface area contributed by atoms with Crippen LogP contribution >= 0.6 is 15.9 Å². The molecule has 0 atom stereocenters. The van der Waals surface area contributed by atoms with E-state index in [4.69, 9.17) is 9.47 Å². The van der Waals surface area contributed by atoms with Gasteiger partial charge < -0.3 is 14.4 Å². The van der Waals surface area contributed by atoms with Crippen molar-refractivity contribution in [2.24, 2.45) is 5.92 Å². The molecule has 5 heteroatoms. The van der Waals surface area contributed by atoms with Gasteiger partial charge >= 0.3 is 0 Å². The van der Waals surface area contributed by atoms with Crippen LogP contribution in [-0.2, 0) is 14.3 Å². The van der Waals surface area contributed by atoms with Gasteiger partial charge in [-0.3, -0.25) is 4.79 Å². The van der Waals surface area contributed by atoms with E-state index in [1.165, 1.54) is 0 Å². The van der Waals surface area contributed by atoms with Crippen LogP contribution in [0.3, 0.4) is 0 Å². The van der Waals surface area contributed by atoms with Gasteiger partial charge in [-0.15, -0.1) is 0 Å². The molecule has 4 nitrogen and oxygen atoms in total. The minimum Gasteiger partial charge on any atom is -0.382 e. The van der Waals surface area contributed by atoms with Crippen LogP contribution in [0.15, 0.2) is 0 Å². The quantitative estimate of drug-likeness (QED) is 0.547. The van der Waals surface area contributed by atoms with E-state index < -0.39 is 0 Å². The predicted molar refractivity (Wildman–Crippen MR) is 65.8 cm³/mol. The monoisotopic (exact) mass is 293 g/mol. The highest BCUT2D eigenvalue weighted by Crippen LogP contribution is 2.18. The van der Waals surface area contributed by atoms with Gasteiger partial charge in [-0.1, -0.05) is 15.9 Å². The van der Waals surface area contributed by atoms with Gasteiger partial charge in [0.25, 0.3) is 0 Å². The average Bonchev–Trinajstić information content (AvgIpc) is 2.34. The molecule has 0 aliphatic carbocycles. The molecule has 0 saturated carbocycles. The first-order valence-corrected chi connectivity index (χ1v) is 6.80. The van der Waals surface area contributed by atoms with Crippen LogP contribution in [0.4, 0.5) is 0 Å². The number of amides is 1. The van der Waals surface area contributed by atoms with Crippen molar-refractivity contribution in [1.29, 1.82) is 0 Å². The smallest absolute Gasteiger partial charge is 0.248 e. The van der Waals surface area contributed by atoms with Gasteiger partial charge in [-0.2, -0.15) is 0 Å². The van der Waals surface area contributed by atoms with Crippen molar-refractivity contribution in [1.82, 2.24) is 4.90 Å². The molecule has 1 aliphatic heterocycles. The standard InChI is InChI=1S/C11H20BrNO3/c1-15-6-7-16-9-11(14)13-4-2-10(8-12)3-5-13/h10H,2-9H2,1H3. The lowest BCUT2D eigenvalue weighted by molar-refractivity contribution is -0.137. The number of hydrogen-bond acceptors (Lipinski definition) is 3. The summed E-state index contributed by atoms with van der Waals surface area (Å²) in [5.41, 5.74) is 0. The number of ether oxygens (including phenoxy) is 2. The highest BCUT2D eigenvalue weighted by Gasteiger charge is 2.21. The maximum atomic E-state index is 11.7. The van der Waals surface area contributed by atoms with Gasteiger partial charge in [-0.25, -0.2) is 0 Å². The van der Waals surface area contributed by atoms with Crippen LogP contribution in [0.25, 0.3) is 0 Å². The molecule has 1 aliphatic rings. The molecule has 1 heterocycles. The lowest BCUT2D eigenvalue weighted by Crippen LogP contribution is -2.40. The zero-order chi connectivity index (χ0) is 11.8. The number of carbonyl (C=O) groups excluding carboxylic acids is 1. The molecular weight excluding hydrogens is 274 g/mol. The molecule has 0 aromatic heterocycles. The molecule has 0 aromatic carbocycles. The molecule has 94 valence electrons. The summed E-state index contributed by atoms with van der Waals surface area (Å²) in [6.45, 7) is 2.94. The van der Waals surface area contributed by atoms with Gasteiger partial charge in [0.1, 0.15) is 6.61 Å². The Morgan fingerprint density at radius 1 is 1.38 bits per heavy atom. The molecule has 0 spiro atoms. The van der Waals surface area contributed by atoms with Gasteiger partial charge in [0.15, 0.2) is 0 Å². The second-order valence-electron chi connectivity index (χ2n) is 4.02. The van der Waals surface area contributed by atoms with E-state index in [1.54, 1.807) is 7.11 Å². The van der Waals surface area contributed by atoms with Crippen LogP contribution < -0.4 is 0 Å². The number of halogens is 1. The Morgan fingerprint density at radius 2 is 2.06 bits per heavy atom. The number of carbonyl (C=O) groups is 1. The Hall–Kier alpha value is -0.130. The molecule has 0 unspecified atom stereocenters. The van der Waals surface area contributed by atoms with Crippen molar-refractivity contribution >= 4 is 21.8 Å². The third kappa shape index (κ3) is 4.80. The molecule has 1 fully saturated rings. The van der Waals surface area contributed by atoms with Crippen molar-refractivity contribution in [2.75, 3.05) is 45.4 Å². The number of nitrogens with zero attached hydrogens (tertiary/aromatic N) is 1. The van der Waals surface area contributed by atoms with E-state index in [2.05, 4.69) is 15.9 Å². The fraction of sp³-hybridized carbons (Fsp3) is 0.909. The van der Waals surface area contributed by atoms with Gasteiger partial charge in [0, 0.05) is 25.5 Å². The normalized spacial score (nSPS) is 17.8. The molecule has 1 amide bonds. The summed E-state index contributed by atoms with van der Waals surface area (Å²) < 4.78 is 10.1. The molecule has 0 radical (unpaired) electrons. The maximum absolute atomic E-state index is 11.7. The van der Waals surface area contributed by atoms with Crippen LogP contribution in [0, 0.1) is 5.92 Å². The highest BCUT2D eigenvalue weighted by atomic mass is 79.9. The molecule has 0 aromatic rings. The van der Waals surface area contributed by atoms with Crippen molar-refractivity contribution in [3.8, 4) is 0 Å². The molecule has 16 heavy (non-hydrogen) atoms. The first-order chi connectivity index (χ1) is 7.77. The number of methoxy groups -OCH3 is 1. The highest BCUT2D eigenvalue weighted by molar-refractivity contribution is 9.09. The lowest BCUT2D eigenvalue weighted by Gasteiger charge is -2.31. The Bertz CT molecular complexity index is 205. The van der Waals surface area contributed by atoms with Gasteiger partial charge in [0.2, 0.25) is 5.91 Å². The zero-order valence-corrected chi connectivity index (χ0v) is 11.4. The Kier molecular flexibility index (Phi) is 7.00. The van der Waals surface area contributed by atoms with Crippen molar-refractivity contribution in [2.45, 2.75) is 12.8 Å². The van der Waals surface area contributed by atoms with E-state index in [0.29, 0.717) is 13.2 Å². The molecule has 1 rings (SSSR count). The van der Waals surface area contributed by atoms with Crippen molar-refractivity contribution in [3.05, 3.63) is 0 Å². The summed E-state index contributed by atoms with van der Waals surface area (Å²) in [6, 6.07) is 0. The number of alkyl halides is 1. The average molecular weight is 294 g/mol. The largest absolute Gasteiger partial charge is 0.382 e. The predicted octanol–water partition coefficient (Wildman–Crippen LogP) is 1.28. The summed E-state index contributed by atoms with van der Waals surface area (Å²) in [5.74, 6) is 0.822. The number of likely N-dealkylation sites (tertiary alicyclic amines) is 1. The van der Waals surface area contributed by atoms with E-state index in [1.807, 2.05) is 4.90 Å². The second-order valence-corrected chi connectivity index (χ2v) is 4.67. The Labute approximate surface area is 105 Å². The van der Waals surface area contributed by atoms with Crippen LogP contribution in [0.2, 0.25) is 0 Å². The number of rotatable bonds is 6. The summed E-state index contributed by atoms with van der Waals surface area (Å²) in [4.78, 5) is 13.6. The molecule has 0 bridgehead atoms. The third-order valence-corrected chi connectivity index (χ3v) is 3.76. The SMILES string of the molecule is COCCOCC(=O)N1CCC(CBr)CC1. The Balaban J connectivity index is 2.13. The van der Waals surface area contributed by atoms with Crippen molar-refractivity contribution in [3.63, 3.8) is 0 Å². The van der Waals surface area contributed by atoms with E-state index in [-0.39, 0.29) is 12.5 Å². The first kappa shape index (κ1) is 13.9. The van der Waals surface area contributed by atoms with E-state index >= 15 is 0 Å². The number of piperidine rings is 1. The number of hydrogen-bond donors (Lipinski definition) is 0. The molecule has 0 N–H and O–H groups in total. The van der Waals surface area contributed by atoms with Crippen LogP contribution in [0.1, 0.15) is 12.8 Å². The minimum atomic E-state index is 0.101. The zero-order valence-electron chi connectivity index (χ0n) is 9.78. The van der Waals surface area contributed by atoms with E-state index in [0.717, 1.165) is 37.2 Å². The third-order valence-electron chi connectivity index (χ3n) is 2.84. The molecular formula is C11H20BrNO3. The lowest BCUT2D eigenvalue weighted by atomic mass is 9.99. The molecule has 1 saturated heterocycles. The van der Waals surface area contributed by atoms with Crippen molar-refractivity contribution < 1.29 is 14.3 Å². The van der Waals surface area contributed by atoms with Gasteiger partial charge in [-0.05, 0) is 18.8 Å². The summed E-state index contributed by atoms with van der Waals surface area (Å²) in [6.07, 6.45) is 2.18. The summed E-state index contributed by atoms with van der Waals surface area (Å²) in [7, 11) is 1.62. The maximum Gasteiger partial charge on any atom is 0.248 e. The van der Waals surface area contributed by atoms with Crippen LogP contribution in [-0.4, -0.2) is 56.2 Å². The Morgan fingerprint density at radius 3 is 2.62 bits per heavy atom. The summed E-state index contributed by atoms with van der Waals surface area (Å²) >= 11 is 3.49. The minimum absolute atomic E-state index is 0.101. The fourth-order valence-electron chi connectivity index (χ4n) is 1.73. The van der Waals surface area contributed by atoms with Crippen LogP contribution in [0.5, 0.6) is 0 Å². The first-order valence-electron chi connectivity index (χ1n) is 5.68. The van der Waals surface area contributed by atoms with E-state index in [9.17, 15) is 4.79 Å². The topological polar surface area (TPSA) is 38.8 Å². The van der Waals surface area contributed by atoms with Gasteiger partial charge in [0.05, 0.1) is 13.2 Å². The second kappa shape index (κ2) is 8.03. The fourth-order valence-corrected chi connectivity index (χ4v) is 2.38.